The normalized spacial score (nSPS) is 23.8. The second kappa shape index (κ2) is 8.01. The third-order valence-electron chi connectivity index (χ3n) is 4.80. The van der Waals surface area contributed by atoms with Crippen molar-refractivity contribution >= 4 is 5.97 Å². The summed E-state index contributed by atoms with van der Waals surface area (Å²) in [6, 6.07) is 9.53. The minimum Gasteiger partial charge on any atom is -0.497 e. The number of ether oxygens (including phenoxy) is 2. The Labute approximate surface area is 138 Å². The van der Waals surface area contributed by atoms with Crippen LogP contribution in [-0.4, -0.2) is 13.1 Å². The minimum absolute atomic E-state index is 0.0970. The summed E-state index contributed by atoms with van der Waals surface area (Å²) in [5.74, 6) is 0.994. The maximum atomic E-state index is 12.3. The van der Waals surface area contributed by atoms with Gasteiger partial charge in [0.1, 0.15) is 11.5 Å². The molecule has 4 heteroatoms. The van der Waals surface area contributed by atoms with Crippen molar-refractivity contribution in [3.63, 3.8) is 0 Å². The summed E-state index contributed by atoms with van der Waals surface area (Å²) in [7, 11) is 1.60. The first kappa shape index (κ1) is 17.3. The van der Waals surface area contributed by atoms with Crippen LogP contribution in [0.3, 0.4) is 0 Å². The number of carbonyl (C=O) groups excluding carboxylic acids is 1. The third-order valence-corrected chi connectivity index (χ3v) is 4.80. The van der Waals surface area contributed by atoms with Crippen molar-refractivity contribution in [2.24, 2.45) is 11.3 Å². The number of hydrogen-bond acceptors (Lipinski definition) is 4. The van der Waals surface area contributed by atoms with Crippen LogP contribution in [0.2, 0.25) is 0 Å². The molecule has 0 aromatic heterocycles. The van der Waals surface area contributed by atoms with Crippen molar-refractivity contribution < 1.29 is 14.3 Å². The summed E-state index contributed by atoms with van der Waals surface area (Å²) in [6.45, 7) is 2.14. The standard InChI is InChI=1S/C19H25NO3/c1-3-4-11-19(14-20)12-9-15(10-13-19)18(21)23-17-7-5-16(22-2)6-8-17/h5-8,15H,3-4,9-13H2,1-2H3. The number of methoxy groups -OCH3 is 1. The van der Waals surface area contributed by atoms with E-state index in [0.717, 1.165) is 50.7 Å². The zero-order chi connectivity index (χ0) is 16.7. The van der Waals surface area contributed by atoms with Crippen molar-refractivity contribution in [1.82, 2.24) is 0 Å². The third kappa shape index (κ3) is 4.48. The highest BCUT2D eigenvalue weighted by Crippen LogP contribution is 2.42. The molecule has 1 aliphatic rings. The Bertz CT molecular complexity index is 551. The molecule has 0 heterocycles. The number of carbonyl (C=O) groups is 1. The molecular weight excluding hydrogens is 290 g/mol. The Morgan fingerprint density at radius 2 is 1.87 bits per heavy atom. The molecule has 1 aromatic rings. The van der Waals surface area contributed by atoms with E-state index >= 15 is 0 Å². The Kier molecular flexibility index (Phi) is 6.04. The second-order valence-electron chi connectivity index (χ2n) is 6.37. The molecule has 0 amide bonds. The molecule has 0 N–H and O–H groups in total. The number of rotatable bonds is 6. The Morgan fingerprint density at radius 3 is 2.39 bits per heavy atom. The summed E-state index contributed by atoms with van der Waals surface area (Å²) in [6.07, 6.45) is 6.21. The highest BCUT2D eigenvalue weighted by Gasteiger charge is 2.37. The number of unbranched alkanes of at least 4 members (excludes halogenated alkanes) is 1. The fraction of sp³-hybridized carbons (Fsp3) is 0.579. The molecule has 1 aliphatic carbocycles. The average molecular weight is 315 g/mol. The summed E-state index contributed by atoms with van der Waals surface area (Å²) in [5.41, 5.74) is -0.229. The number of esters is 1. The molecule has 4 nitrogen and oxygen atoms in total. The van der Waals surface area contributed by atoms with Crippen LogP contribution in [0, 0.1) is 22.7 Å². The van der Waals surface area contributed by atoms with Crippen LogP contribution in [0.1, 0.15) is 51.9 Å². The highest BCUT2D eigenvalue weighted by atomic mass is 16.5. The van der Waals surface area contributed by atoms with E-state index in [0.29, 0.717) is 5.75 Å². The van der Waals surface area contributed by atoms with Gasteiger partial charge >= 0.3 is 5.97 Å². The van der Waals surface area contributed by atoms with E-state index in [1.54, 1.807) is 31.4 Å². The van der Waals surface area contributed by atoms with E-state index in [4.69, 9.17) is 9.47 Å². The molecule has 0 unspecified atom stereocenters. The molecule has 1 fully saturated rings. The summed E-state index contributed by atoms with van der Waals surface area (Å²) < 4.78 is 10.5. The lowest BCUT2D eigenvalue weighted by molar-refractivity contribution is -0.140. The van der Waals surface area contributed by atoms with Crippen molar-refractivity contribution in [3.05, 3.63) is 24.3 Å². The van der Waals surface area contributed by atoms with Gasteiger partial charge in [-0.2, -0.15) is 5.26 Å². The lowest BCUT2D eigenvalue weighted by atomic mass is 9.69. The van der Waals surface area contributed by atoms with Crippen molar-refractivity contribution in [3.8, 4) is 17.6 Å². The van der Waals surface area contributed by atoms with Gasteiger partial charge in [-0.15, -0.1) is 0 Å². The van der Waals surface area contributed by atoms with E-state index in [-0.39, 0.29) is 17.3 Å². The fourth-order valence-corrected chi connectivity index (χ4v) is 3.18. The van der Waals surface area contributed by atoms with Crippen molar-refractivity contribution in [1.29, 1.82) is 5.26 Å². The summed E-state index contributed by atoms with van der Waals surface area (Å²) >= 11 is 0. The number of hydrogen-bond donors (Lipinski definition) is 0. The van der Waals surface area contributed by atoms with E-state index < -0.39 is 0 Å². The molecule has 0 radical (unpaired) electrons. The summed E-state index contributed by atoms with van der Waals surface area (Å²) in [4.78, 5) is 12.3. The molecule has 1 saturated carbocycles. The quantitative estimate of drug-likeness (QED) is 0.573. The van der Waals surface area contributed by atoms with E-state index in [2.05, 4.69) is 13.0 Å². The monoisotopic (exact) mass is 315 g/mol. The predicted molar refractivity (Wildman–Crippen MR) is 88.2 cm³/mol. The van der Waals surface area contributed by atoms with Gasteiger partial charge in [0.25, 0.3) is 0 Å². The van der Waals surface area contributed by atoms with E-state index in [1.165, 1.54) is 0 Å². The largest absolute Gasteiger partial charge is 0.497 e. The van der Waals surface area contributed by atoms with E-state index in [1.807, 2.05) is 0 Å². The van der Waals surface area contributed by atoms with Crippen LogP contribution >= 0.6 is 0 Å². The molecular formula is C19H25NO3. The molecule has 0 saturated heterocycles. The molecule has 2 rings (SSSR count). The smallest absolute Gasteiger partial charge is 0.314 e. The molecule has 23 heavy (non-hydrogen) atoms. The maximum Gasteiger partial charge on any atom is 0.314 e. The van der Waals surface area contributed by atoms with Gasteiger partial charge < -0.3 is 9.47 Å². The molecule has 1 aromatic carbocycles. The number of nitrogens with zero attached hydrogens (tertiary/aromatic N) is 1. The lowest BCUT2D eigenvalue weighted by Crippen LogP contribution is -2.31. The van der Waals surface area contributed by atoms with Crippen LogP contribution in [0.4, 0.5) is 0 Å². The molecule has 0 bridgehead atoms. The molecule has 0 atom stereocenters. The summed E-state index contributed by atoms with van der Waals surface area (Å²) in [5, 5.41) is 9.50. The van der Waals surface area contributed by atoms with Crippen LogP contribution in [-0.2, 0) is 4.79 Å². The fourth-order valence-electron chi connectivity index (χ4n) is 3.18. The number of nitriles is 1. The first-order valence-electron chi connectivity index (χ1n) is 8.39. The Balaban J connectivity index is 1.88. The van der Waals surface area contributed by atoms with Gasteiger partial charge in [0, 0.05) is 0 Å². The SMILES string of the molecule is CCCCC1(C#N)CCC(C(=O)Oc2ccc(OC)cc2)CC1. The van der Waals surface area contributed by atoms with Crippen molar-refractivity contribution in [2.75, 3.05) is 7.11 Å². The zero-order valence-corrected chi connectivity index (χ0v) is 14.0. The maximum absolute atomic E-state index is 12.3. The van der Waals surface area contributed by atoms with E-state index in [9.17, 15) is 10.1 Å². The van der Waals surface area contributed by atoms with Crippen LogP contribution < -0.4 is 9.47 Å². The highest BCUT2D eigenvalue weighted by molar-refractivity contribution is 5.75. The zero-order valence-electron chi connectivity index (χ0n) is 14.0. The molecule has 0 aliphatic heterocycles. The second-order valence-corrected chi connectivity index (χ2v) is 6.37. The number of benzene rings is 1. The Morgan fingerprint density at radius 1 is 1.26 bits per heavy atom. The van der Waals surface area contributed by atoms with Crippen LogP contribution in [0.15, 0.2) is 24.3 Å². The van der Waals surface area contributed by atoms with Gasteiger partial charge in [-0.25, -0.2) is 0 Å². The first-order valence-corrected chi connectivity index (χ1v) is 8.39. The molecule has 0 spiro atoms. The van der Waals surface area contributed by atoms with Gasteiger partial charge in [0.05, 0.1) is 24.5 Å². The van der Waals surface area contributed by atoms with Gasteiger partial charge in [-0.05, 0) is 56.4 Å². The minimum atomic E-state index is -0.229. The lowest BCUT2D eigenvalue weighted by Gasteiger charge is -2.34. The average Bonchev–Trinajstić information content (AvgIpc) is 2.61. The van der Waals surface area contributed by atoms with Gasteiger partial charge in [0.2, 0.25) is 0 Å². The van der Waals surface area contributed by atoms with Crippen LogP contribution in [0.25, 0.3) is 0 Å². The van der Waals surface area contributed by atoms with Gasteiger partial charge in [0.15, 0.2) is 0 Å². The van der Waals surface area contributed by atoms with Crippen molar-refractivity contribution in [2.45, 2.75) is 51.9 Å². The first-order chi connectivity index (χ1) is 11.1. The topological polar surface area (TPSA) is 59.3 Å². The van der Waals surface area contributed by atoms with Gasteiger partial charge in [-0.3, -0.25) is 4.79 Å². The van der Waals surface area contributed by atoms with Gasteiger partial charge in [-0.1, -0.05) is 19.8 Å². The molecule has 124 valence electrons. The van der Waals surface area contributed by atoms with Crippen LogP contribution in [0.5, 0.6) is 11.5 Å². The predicted octanol–water partition coefficient (Wildman–Crippen LogP) is 4.49. The Hall–Kier alpha value is -2.02.